The number of aromatic nitrogens is 1. The fourth-order valence-electron chi connectivity index (χ4n) is 2.29. The zero-order valence-corrected chi connectivity index (χ0v) is 13.1. The highest BCUT2D eigenvalue weighted by Crippen LogP contribution is 2.33. The van der Waals surface area contributed by atoms with Crippen LogP contribution in [0, 0.1) is 0 Å². The monoisotopic (exact) mass is 272 g/mol. The van der Waals surface area contributed by atoms with Crippen molar-refractivity contribution in [1.29, 1.82) is 0 Å². The van der Waals surface area contributed by atoms with Crippen molar-refractivity contribution in [3.63, 3.8) is 0 Å². The summed E-state index contributed by atoms with van der Waals surface area (Å²) in [6, 6.07) is 8.27. The van der Waals surface area contributed by atoms with E-state index in [1.807, 2.05) is 12.1 Å². The topological polar surface area (TPSA) is 34.2 Å². The molecule has 0 aliphatic rings. The molecule has 2 aromatic rings. The Balaban J connectivity index is 2.65. The van der Waals surface area contributed by atoms with Gasteiger partial charge in [0.05, 0.1) is 7.11 Å². The van der Waals surface area contributed by atoms with Gasteiger partial charge in [-0.2, -0.15) is 0 Å². The summed E-state index contributed by atoms with van der Waals surface area (Å²) in [4.78, 5) is 4.81. The van der Waals surface area contributed by atoms with Crippen molar-refractivity contribution in [2.45, 2.75) is 39.5 Å². The van der Waals surface area contributed by atoms with Gasteiger partial charge in [0.25, 0.3) is 0 Å². The van der Waals surface area contributed by atoms with E-state index in [1.54, 1.807) is 7.11 Å². The highest BCUT2D eigenvalue weighted by molar-refractivity contribution is 5.87. The average molecular weight is 272 g/mol. The molecule has 0 spiro atoms. The fourth-order valence-corrected chi connectivity index (χ4v) is 2.29. The van der Waals surface area contributed by atoms with E-state index in [2.05, 4.69) is 45.1 Å². The Kier molecular flexibility index (Phi) is 4.17. The van der Waals surface area contributed by atoms with E-state index in [-0.39, 0.29) is 5.41 Å². The first kappa shape index (κ1) is 14.6. The summed E-state index contributed by atoms with van der Waals surface area (Å²) in [5.41, 5.74) is 2.22. The third-order valence-electron chi connectivity index (χ3n) is 3.38. The number of pyridine rings is 1. The molecule has 0 amide bonds. The van der Waals surface area contributed by atoms with Gasteiger partial charge in [0, 0.05) is 17.5 Å². The molecule has 1 aromatic carbocycles. The lowest BCUT2D eigenvalue weighted by Crippen LogP contribution is -2.16. The Labute approximate surface area is 121 Å². The predicted octanol–water partition coefficient (Wildman–Crippen LogP) is 4.36. The molecule has 0 aliphatic carbocycles. The van der Waals surface area contributed by atoms with Crippen molar-refractivity contribution in [3.05, 3.63) is 29.8 Å². The first-order valence-corrected chi connectivity index (χ1v) is 7.19. The third-order valence-corrected chi connectivity index (χ3v) is 3.38. The molecular weight excluding hydrogens is 248 g/mol. The number of fused-ring (bicyclic) bond motifs is 1. The maximum absolute atomic E-state index is 5.42. The van der Waals surface area contributed by atoms with Crippen LogP contribution in [-0.4, -0.2) is 18.6 Å². The van der Waals surface area contributed by atoms with Gasteiger partial charge in [0.15, 0.2) is 0 Å². The summed E-state index contributed by atoms with van der Waals surface area (Å²) in [7, 11) is 1.69. The van der Waals surface area contributed by atoms with Gasteiger partial charge >= 0.3 is 0 Å². The molecule has 0 saturated carbocycles. The molecule has 20 heavy (non-hydrogen) atoms. The highest BCUT2D eigenvalue weighted by atomic mass is 16.5. The molecule has 1 aromatic heterocycles. The molecule has 0 aliphatic heterocycles. The van der Waals surface area contributed by atoms with E-state index in [1.165, 1.54) is 5.56 Å². The molecule has 0 unspecified atom stereocenters. The number of rotatable bonds is 4. The zero-order chi connectivity index (χ0) is 14.8. The average Bonchev–Trinajstić information content (AvgIpc) is 2.42. The van der Waals surface area contributed by atoms with E-state index in [4.69, 9.17) is 9.72 Å². The van der Waals surface area contributed by atoms with Gasteiger partial charge < -0.3 is 10.1 Å². The second-order valence-corrected chi connectivity index (χ2v) is 6.09. The van der Waals surface area contributed by atoms with Crippen LogP contribution in [0.4, 0.5) is 5.82 Å². The lowest BCUT2D eigenvalue weighted by Gasteiger charge is -2.23. The first-order valence-electron chi connectivity index (χ1n) is 7.19. The van der Waals surface area contributed by atoms with Crippen molar-refractivity contribution in [3.8, 4) is 5.75 Å². The molecule has 3 nitrogen and oxygen atoms in total. The number of para-hydroxylation sites is 1. The van der Waals surface area contributed by atoms with Gasteiger partial charge in [-0.3, -0.25) is 0 Å². The van der Waals surface area contributed by atoms with Crippen LogP contribution >= 0.6 is 0 Å². The Morgan fingerprint density at radius 2 is 2.00 bits per heavy atom. The van der Waals surface area contributed by atoms with Crippen LogP contribution < -0.4 is 10.1 Å². The van der Waals surface area contributed by atoms with Crippen LogP contribution in [0.1, 0.15) is 39.7 Å². The lowest BCUT2D eigenvalue weighted by atomic mass is 9.86. The number of nitrogens with one attached hydrogen (secondary N) is 1. The van der Waals surface area contributed by atoms with Crippen LogP contribution in [0.25, 0.3) is 10.9 Å². The number of hydrogen-bond donors (Lipinski definition) is 1. The van der Waals surface area contributed by atoms with E-state index in [0.29, 0.717) is 0 Å². The predicted molar refractivity (Wildman–Crippen MR) is 85.8 cm³/mol. The smallest absolute Gasteiger partial charge is 0.145 e. The van der Waals surface area contributed by atoms with Crippen molar-refractivity contribution in [2.24, 2.45) is 0 Å². The molecule has 1 heterocycles. The molecule has 108 valence electrons. The van der Waals surface area contributed by atoms with Gasteiger partial charge in [-0.05, 0) is 24.0 Å². The molecule has 1 N–H and O–H groups in total. The summed E-state index contributed by atoms with van der Waals surface area (Å²) >= 11 is 0. The molecule has 0 radical (unpaired) electrons. The van der Waals surface area contributed by atoms with Gasteiger partial charge in [-0.1, -0.05) is 39.8 Å². The molecule has 0 bridgehead atoms. The van der Waals surface area contributed by atoms with Crippen molar-refractivity contribution in [2.75, 3.05) is 19.0 Å². The standard InChI is InChI=1S/C17H24N2O/c1-6-10-18-16-13(17(2,3)4)11-12-8-7-9-14(20-5)15(12)19-16/h7-9,11H,6,10H2,1-5H3,(H,18,19). The fraction of sp³-hybridized carbons (Fsp3) is 0.471. The van der Waals surface area contributed by atoms with Gasteiger partial charge in [-0.25, -0.2) is 4.98 Å². The second-order valence-electron chi connectivity index (χ2n) is 6.09. The Morgan fingerprint density at radius 3 is 2.60 bits per heavy atom. The van der Waals surface area contributed by atoms with Crippen LogP contribution in [0.15, 0.2) is 24.3 Å². The van der Waals surface area contributed by atoms with Crippen LogP contribution in [0.5, 0.6) is 5.75 Å². The quantitative estimate of drug-likeness (QED) is 0.897. The summed E-state index contributed by atoms with van der Waals surface area (Å²) in [6.07, 6.45) is 1.08. The molecule has 3 heteroatoms. The van der Waals surface area contributed by atoms with Crippen LogP contribution in [0.3, 0.4) is 0 Å². The lowest BCUT2D eigenvalue weighted by molar-refractivity contribution is 0.419. The zero-order valence-electron chi connectivity index (χ0n) is 13.1. The van der Waals surface area contributed by atoms with Gasteiger partial charge in [0.2, 0.25) is 0 Å². The highest BCUT2D eigenvalue weighted by Gasteiger charge is 2.20. The number of nitrogens with zero attached hydrogens (tertiary/aromatic N) is 1. The van der Waals surface area contributed by atoms with Crippen LogP contribution in [0.2, 0.25) is 0 Å². The number of anilines is 1. The second kappa shape index (κ2) is 5.70. The van der Waals surface area contributed by atoms with E-state index >= 15 is 0 Å². The van der Waals surface area contributed by atoms with E-state index < -0.39 is 0 Å². The summed E-state index contributed by atoms with van der Waals surface area (Å²) < 4.78 is 5.42. The molecule has 0 fully saturated rings. The van der Waals surface area contributed by atoms with Crippen molar-refractivity contribution >= 4 is 16.7 Å². The number of methoxy groups -OCH3 is 1. The largest absolute Gasteiger partial charge is 0.494 e. The number of benzene rings is 1. The SMILES string of the molecule is CCCNc1nc2c(OC)cccc2cc1C(C)(C)C. The van der Waals surface area contributed by atoms with Gasteiger partial charge in [-0.15, -0.1) is 0 Å². The Hall–Kier alpha value is -1.77. The first-order chi connectivity index (χ1) is 9.47. The van der Waals surface area contributed by atoms with E-state index in [9.17, 15) is 0 Å². The molecule has 0 atom stereocenters. The maximum atomic E-state index is 5.42. The normalized spacial score (nSPS) is 11.7. The van der Waals surface area contributed by atoms with Crippen LogP contribution in [-0.2, 0) is 5.41 Å². The molecule has 0 saturated heterocycles. The van der Waals surface area contributed by atoms with Gasteiger partial charge in [0.1, 0.15) is 17.1 Å². The number of hydrogen-bond acceptors (Lipinski definition) is 3. The molecule has 2 rings (SSSR count). The minimum Gasteiger partial charge on any atom is -0.494 e. The number of ether oxygens (including phenoxy) is 1. The van der Waals surface area contributed by atoms with E-state index in [0.717, 1.165) is 35.4 Å². The third kappa shape index (κ3) is 2.87. The Bertz CT molecular complexity index is 600. The minimum absolute atomic E-state index is 0.0559. The molecular formula is C17H24N2O. The minimum atomic E-state index is 0.0559. The summed E-state index contributed by atoms with van der Waals surface area (Å²) in [5, 5.41) is 4.57. The summed E-state index contributed by atoms with van der Waals surface area (Å²) in [6.45, 7) is 9.73. The van der Waals surface area contributed by atoms with Crippen molar-refractivity contribution in [1.82, 2.24) is 4.98 Å². The van der Waals surface area contributed by atoms with Crippen molar-refractivity contribution < 1.29 is 4.74 Å². The maximum Gasteiger partial charge on any atom is 0.145 e. The summed E-state index contributed by atoms with van der Waals surface area (Å²) in [5.74, 6) is 1.79. The Morgan fingerprint density at radius 1 is 1.25 bits per heavy atom.